The Bertz CT molecular complexity index is 2000. The summed E-state index contributed by atoms with van der Waals surface area (Å²) in [6.45, 7) is 11.8. The SMILES string of the molecule is CC1C=CC=C2c3ccc(Nc4ccc(-c5ccc(Nc6ccc7c(c6)C(C)(C)c6ccccc6-7)cc5)cc4)cc3C(C)(C)C21. The molecule has 2 unspecified atom stereocenters. The number of hydrogen-bond acceptors (Lipinski definition) is 2. The van der Waals surface area contributed by atoms with Crippen LogP contribution in [0.15, 0.2) is 127 Å². The van der Waals surface area contributed by atoms with E-state index in [0.29, 0.717) is 11.8 Å². The lowest BCUT2D eigenvalue weighted by atomic mass is 9.70. The van der Waals surface area contributed by atoms with Crippen LogP contribution in [0, 0.1) is 11.8 Å². The van der Waals surface area contributed by atoms with Crippen molar-refractivity contribution in [2.75, 3.05) is 10.6 Å². The fourth-order valence-electron chi connectivity index (χ4n) is 8.32. The number of fused-ring (bicyclic) bond motifs is 6. The molecule has 0 amide bonds. The molecule has 5 aromatic carbocycles. The maximum atomic E-state index is 3.66. The Hall–Kier alpha value is -4.82. The van der Waals surface area contributed by atoms with E-state index in [1.54, 1.807) is 0 Å². The molecule has 0 aliphatic heterocycles. The Morgan fingerprint density at radius 1 is 0.533 bits per heavy atom. The molecule has 0 spiro atoms. The van der Waals surface area contributed by atoms with E-state index in [2.05, 4.69) is 173 Å². The summed E-state index contributed by atoms with van der Waals surface area (Å²) >= 11 is 0. The summed E-state index contributed by atoms with van der Waals surface area (Å²) in [5.74, 6) is 1.08. The van der Waals surface area contributed by atoms with Gasteiger partial charge in [0.25, 0.3) is 0 Å². The molecule has 0 aromatic heterocycles. The van der Waals surface area contributed by atoms with Crippen LogP contribution in [0.3, 0.4) is 0 Å². The third-order valence-electron chi connectivity index (χ3n) is 10.6. The van der Waals surface area contributed by atoms with Gasteiger partial charge in [-0.25, -0.2) is 0 Å². The van der Waals surface area contributed by atoms with Gasteiger partial charge in [-0.05, 0) is 116 Å². The van der Waals surface area contributed by atoms with E-state index in [4.69, 9.17) is 0 Å². The van der Waals surface area contributed by atoms with E-state index >= 15 is 0 Å². The smallest absolute Gasteiger partial charge is 0.0387 e. The highest BCUT2D eigenvalue weighted by atomic mass is 14.9. The predicted octanol–water partition coefficient (Wildman–Crippen LogP) is 11.6. The third-order valence-corrected chi connectivity index (χ3v) is 10.6. The van der Waals surface area contributed by atoms with Crippen LogP contribution in [-0.2, 0) is 10.8 Å². The first kappa shape index (κ1) is 27.7. The molecular weight excluding hydrogens is 544 g/mol. The van der Waals surface area contributed by atoms with Gasteiger partial charge in [0, 0.05) is 28.2 Å². The molecule has 2 N–H and O–H groups in total. The number of allylic oxidation sites excluding steroid dienone is 4. The van der Waals surface area contributed by atoms with Crippen LogP contribution < -0.4 is 10.6 Å². The molecule has 5 aromatic rings. The minimum absolute atomic E-state index is 0.00161. The summed E-state index contributed by atoms with van der Waals surface area (Å²) in [5.41, 5.74) is 16.8. The van der Waals surface area contributed by atoms with Gasteiger partial charge in [-0.15, -0.1) is 0 Å². The summed E-state index contributed by atoms with van der Waals surface area (Å²) in [5, 5.41) is 7.30. The molecule has 2 atom stereocenters. The number of rotatable bonds is 5. The van der Waals surface area contributed by atoms with Gasteiger partial charge in [-0.3, -0.25) is 0 Å². The lowest BCUT2D eigenvalue weighted by Gasteiger charge is -2.33. The van der Waals surface area contributed by atoms with Crippen molar-refractivity contribution in [1.82, 2.24) is 0 Å². The van der Waals surface area contributed by atoms with Gasteiger partial charge in [0.05, 0.1) is 0 Å². The van der Waals surface area contributed by atoms with Gasteiger partial charge in [0.2, 0.25) is 0 Å². The fourth-order valence-corrected chi connectivity index (χ4v) is 8.32. The van der Waals surface area contributed by atoms with Gasteiger partial charge < -0.3 is 10.6 Å². The van der Waals surface area contributed by atoms with Gasteiger partial charge in [-0.2, -0.15) is 0 Å². The molecule has 45 heavy (non-hydrogen) atoms. The van der Waals surface area contributed by atoms with Crippen molar-refractivity contribution in [3.05, 3.63) is 150 Å². The quantitative estimate of drug-likeness (QED) is 0.215. The topological polar surface area (TPSA) is 24.1 Å². The predicted molar refractivity (Wildman–Crippen MR) is 192 cm³/mol. The summed E-state index contributed by atoms with van der Waals surface area (Å²) in [6, 6.07) is 40.0. The van der Waals surface area contributed by atoms with Crippen LogP contribution in [0.4, 0.5) is 22.7 Å². The van der Waals surface area contributed by atoms with Crippen molar-refractivity contribution < 1.29 is 0 Å². The first-order valence-corrected chi connectivity index (χ1v) is 16.2. The van der Waals surface area contributed by atoms with Crippen LogP contribution >= 0.6 is 0 Å². The second-order valence-electron chi connectivity index (χ2n) is 14.2. The van der Waals surface area contributed by atoms with Crippen molar-refractivity contribution in [2.24, 2.45) is 11.8 Å². The van der Waals surface area contributed by atoms with Crippen molar-refractivity contribution in [3.8, 4) is 22.3 Å². The van der Waals surface area contributed by atoms with Gasteiger partial charge in [-0.1, -0.05) is 114 Å². The highest BCUT2D eigenvalue weighted by Gasteiger charge is 2.45. The second kappa shape index (κ2) is 10.1. The molecule has 3 aliphatic rings. The third kappa shape index (κ3) is 4.46. The van der Waals surface area contributed by atoms with Crippen LogP contribution in [-0.4, -0.2) is 0 Å². The van der Waals surface area contributed by atoms with E-state index in [1.807, 2.05) is 0 Å². The molecule has 0 fully saturated rings. The Labute approximate surface area is 267 Å². The van der Waals surface area contributed by atoms with Crippen LogP contribution in [0.1, 0.15) is 56.9 Å². The highest BCUT2D eigenvalue weighted by molar-refractivity contribution is 5.84. The molecule has 0 saturated heterocycles. The molecule has 8 rings (SSSR count). The van der Waals surface area contributed by atoms with Crippen molar-refractivity contribution >= 4 is 28.3 Å². The minimum Gasteiger partial charge on any atom is -0.356 e. The zero-order chi connectivity index (χ0) is 30.9. The van der Waals surface area contributed by atoms with Gasteiger partial charge in [0.1, 0.15) is 0 Å². The van der Waals surface area contributed by atoms with Crippen LogP contribution in [0.5, 0.6) is 0 Å². The Balaban J connectivity index is 0.966. The number of benzene rings is 5. The molecule has 0 bridgehead atoms. The first-order valence-electron chi connectivity index (χ1n) is 16.2. The number of nitrogens with one attached hydrogen (secondary N) is 2. The fraction of sp³-hybridized carbons (Fsp3) is 0.209. The van der Waals surface area contributed by atoms with Crippen molar-refractivity contribution in [3.63, 3.8) is 0 Å². The molecular formula is C43H40N2. The maximum absolute atomic E-state index is 3.66. The average Bonchev–Trinajstić information content (AvgIpc) is 3.42. The second-order valence-corrected chi connectivity index (χ2v) is 14.2. The zero-order valence-corrected chi connectivity index (χ0v) is 26.8. The summed E-state index contributed by atoms with van der Waals surface area (Å²) < 4.78 is 0. The van der Waals surface area contributed by atoms with E-state index in [9.17, 15) is 0 Å². The lowest BCUT2D eigenvalue weighted by molar-refractivity contribution is 0.347. The molecule has 0 radical (unpaired) electrons. The van der Waals surface area contributed by atoms with Crippen LogP contribution in [0.25, 0.3) is 27.8 Å². The standard InChI is InChI=1S/C43H40N2/c1-27-9-8-11-37-36-24-22-33(26-40(36)43(4,5)41(27)37)45-31-19-15-29(16-20-31)28-13-17-30(18-14-28)44-32-21-23-35-34-10-6-7-12-38(34)42(2,3)39(35)25-32/h6-27,41,44-45H,1-5H3. The monoisotopic (exact) mass is 584 g/mol. The number of anilines is 4. The van der Waals surface area contributed by atoms with Gasteiger partial charge >= 0.3 is 0 Å². The molecule has 0 heterocycles. The Morgan fingerprint density at radius 2 is 1.07 bits per heavy atom. The van der Waals surface area contributed by atoms with E-state index in [-0.39, 0.29) is 10.8 Å². The zero-order valence-electron chi connectivity index (χ0n) is 26.8. The van der Waals surface area contributed by atoms with Gasteiger partial charge in [0.15, 0.2) is 0 Å². The minimum atomic E-state index is -0.00161. The molecule has 2 nitrogen and oxygen atoms in total. The number of hydrogen-bond donors (Lipinski definition) is 2. The van der Waals surface area contributed by atoms with E-state index < -0.39 is 0 Å². The van der Waals surface area contributed by atoms with E-state index in [0.717, 1.165) is 22.7 Å². The first-order chi connectivity index (χ1) is 21.7. The molecule has 222 valence electrons. The van der Waals surface area contributed by atoms with Crippen molar-refractivity contribution in [2.45, 2.75) is 45.4 Å². The average molecular weight is 585 g/mol. The molecule has 0 saturated carbocycles. The normalized spacial score (nSPS) is 19.6. The highest BCUT2D eigenvalue weighted by Crippen LogP contribution is 2.55. The maximum Gasteiger partial charge on any atom is 0.0387 e. The molecule has 2 heteroatoms. The van der Waals surface area contributed by atoms with Crippen molar-refractivity contribution in [1.29, 1.82) is 0 Å². The largest absolute Gasteiger partial charge is 0.356 e. The summed E-state index contributed by atoms with van der Waals surface area (Å²) in [6.07, 6.45) is 6.90. The van der Waals surface area contributed by atoms with E-state index in [1.165, 1.54) is 50.1 Å². The Morgan fingerprint density at radius 3 is 1.71 bits per heavy atom. The van der Waals surface area contributed by atoms with Crippen LogP contribution in [0.2, 0.25) is 0 Å². The summed E-state index contributed by atoms with van der Waals surface area (Å²) in [4.78, 5) is 0. The lowest BCUT2D eigenvalue weighted by Crippen LogP contribution is -2.29. The molecule has 3 aliphatic carbocycles. The Kier molecular flexibility index (Phi) is 6.22. The summed E-state index contributed by atoms with van der Waals surface area (Å²) in [7, 11) is 0.